The van der Waals surface area contributed by atoms with Gasteiger partial charge in [0.15, 0.2) is 5.82 Å². The Bertz CT molecular complexity index is 634. The smallest absolute Gasteiger partial charge is 0.253 e. The van der Waals surface area contributed by atoms with Crippen LogP contribution in [0.25, 0.3) is 11.4 Å². The van der Waals surface area contributed by atoms with E-state index >= 15 is 0 Å². The number of carbonyl (C=O) groups is 1. The quantitative estimate of drug-likeness (QED) is 0.871. The van der Waals surface area contributed by atoms with Crippen LogP contribution in [0.5, 0.6) is 0 Å². The highest BCUT2D eigenvalue weighted by Gasteiger charge is 2.22. The molecule has 1 amide bonds. The monoisotopic (exact) mass is 285 g/mol. The number of aromatic nitrogens is 3. The molecule has 0 bridgehead atoms. The molecule has 3 N–H and O–H groups in total. The van der Waals surface area contributed by atoms with Gasteiger partial charge in [0.05, 0.1) is 0 Å². The maximum atomic E-state index is 12.4. The van der Waals surface area contributed by atoms with Crippen molar-refractivity contribution in [3.63, 3.8) is 0 Å². The highest BCUT2D eigenvalue weighted by atomic mass is 16.2. The first kappa shape index (κ1) is 13.8. The van der Waals surface area contributed by atoms with Crippen molar-refractivity contribution >= 4 is 5.91 Å². The number of H-pyrrole nitrogens is 1. The van der Waals surface area contributed by atoms with Crippen LogP contribution in [-0.2, 0) is 0 Å². The van der Waals surface area contributed by atoms with Crippen LogP contribution in [0.1, 0.15) is 29.0 Å². The number of benzene rings is 1. The first-order chi connectivity index (χ1) is 10.1. The van der Waals surface area contributed by atoms with Crippen LogP contribution in [0.2, 0.25) is 0 Å². The number of likely N-dealkylation sites (tertiary alicyclic amines) is 1. The lowest BCUT2D eigenvalue weighted by Crippen LogP contribution is -2.45. The van der Waals surface area contributed by atoms with Gasteiger partial charge in [-0.2, -0.15) is 5.10 Å². The number of piperidine rings is 1. The molecule has 110 valence electrons. The first-order valence-electron chi connectivity index (χ1n) is 7.18. The number of nitrogens with two attached hydrogens (primary N) is 1. The number of rotatable bonds is 2. The molecule has 2 aromatic rings. The van der Waals surface area contributed by atoms with E-state index in [1.54, 1.807) is 0 Å². The molecule has 0 aliphatic carbocycles. The summed E-state index contributed by atoms with van der Waals surface area (Å²) in [4.78, 5) is 18.5. The van der Waals surface area contributed by atoms with Gasteiger partial charge >= 0.3 is 0 Å². The second kappa shape index (κ2) is 5.65. The lowest BCUT2D eigenvalue weighted by Gasteiger charge is -2.30. The summed E-state index contributed by atoms with van der Waals surface area (Å²) in [5, 5.41) is 6.92. The lowest BCUT2D eigenvalue weighted by molar-refractivity contribution is 0.0709. The molecule has 6 heteroatoms. The number of amides is 1. The minimum Gasteiger partial charge on any atom is -0.337 e. The summed E-state index contributed by atoms with van der Waals surface area (Å²) in [6.45, 7) is 3.28. The Morgan fingerprint density at radius 1 is 1.38 bits per heavy atom. The SMILES string of the molecule is Cc1nc(-c2ccc(C(=O)N3CCC[C@H](N)C3)cc2)n[nH]1. The zero-order valence-electron chi connectivity index (χ0n) is 12.0. The summed E-state index contributed by atoms with van der Waals surface area (Å²) in [6, 6.07) is 7.49. The molecular weight excluding hydrogens is 266 g/mol. The molecule has 1 aliphatic heterocycles. The van der Waals surface area contributed by atoms with E-state index in [9.17, 15) is 4.79 Å². The van der Waals surface area contributed by atoms with Crippen LogP contribution in [0.4, 0.5) is 0 Å². The van der Waals surface area contributed by atoms with Gasteiger partial charge < -0.3 is 10.6 Å². The molecule has 3 rings (SSSR count). The number of hydrogen-bond acceptors (Lipinski definition) is 4. The number of carbonyl (C=O) groups excluding carboxylic acids is 1. The average Bonchev–Trinajstić information content (AvgIpc) is 2.93. The number of nitrogens with one attached hydrogen (secondary N) is 1. The zero-order chi connectivity index (χ0) is 14.8. The van der Waals surface area contributed by atoms with Crippen LogP contribution >= 0.6 is 0 Å². The Hall–Kier alpha value is -2.21. The third-order valence-corrected chi connectivity index (χ3v) is 3.73. The van der Waals surface area contributed by atoms with Crippen LogP contribution in [0.3, 0.4) is 0 Å². The van der Waals surface area contributed by atoms with Gasteiger partial charge in [0.25, 0.3) is 5.91 Å². The van der Waals surface area contributed by atoms with E-state index in [1.165, 1.54) is 0 Å². The number of hydrogen-bond donors (Lipinski definition) is 2. The van der Waals surface area contributed by atoms with E-state index in [1.807, 2.05) is 36.1 Å². The standard InChI is InChI=1S/C15H19N5O/c1-10-17-14(19-18-10)11-4-6-12(7-5-11)15(21)20-8-2-3-13(16)9-20/h4-7,13H,2-3,8-9,16H2,1H3,(H,17,18,19)/t13-/m0/s1. The highest BCUT2D eigenvalue weighted by molar-refractivity contribution is 5.94. The fourth-order valence-electron chi connectivity index (χ4n) is 2.61. The maximum Gasteiger partial charge on any atom is 0.253 e. The fraction of sp³-hybridized carbons (Fsp3) is 0.400. The predicted molar refractivity (Wildman–Crippen MR) is 79.7 cm³/mol. The molecule has 6 nitrogen and oxygen atoms in total. The molecule has 1 atom stereocenters. The fourth-order valence-corrected chi connectivity index (χ4v) is 2.61. The molecule has 0 radical (unpaired) electrons. The van der Waals surface area contributed by atoms with Crippen molar-refractivity contribution in [2.75, 3.05) is 13.1 Å². The summed E-state index contributed by atoms with van der Waals surface area (Å²) in [5.41, 5.74) is 7.50. The van der Waals surface area contributed by atoms with E-state index in [2.05, 4.69) is 15.2 Å². The van der Waals surface area contributed by atoms with Crippen molar-refractivity contribution < 1.29 is 4.79 Å². The third-order valence-electron chi connectivity index (χ3n) is 3.73. The number of nitrogens with zero attached hydrogens (tertiary/aromatic N) is 3. The predicted octanol–water partition coefficient (Wildman–Crippen LogP) is 1.34. The maximum absolute atomic E-state index is 12.4. The topological polar surface area (TPSA) is 87.9 Å². The zero-order valence-corrected chi connectivity index (χ0v) is 12.0. The van der Waals surface area contributed by atoms with Gasteiger partial charge in [-0.3, -0.25) is 9.89 Å². The highest BCUT2D eigenvalue weighted by Crippen LogP contribution is 2.18. The van der Waals surface area contributed by atoms with Gasteiger partial charge in [0.1, 0.15) is 5.82 Å². The summed E-state index contributed by atoms with van der Waals surface area (Å²) in [6.07, 6.45) is 1.97. The summed E-state index contributed by atoms with van der Waals surface area (Å²) in [5.74, 6) is 1.46. The van der Waals surface area contributed by atoms with Gasteiger partial charge in [-0.05, 0) is 31.9 Å². The van der Waals surface area contributed by atoms with E-state index in [0.717, 1.165) is 30.8 Å². The van der Waals surface area contributed by atoms with Gasteiger partial charge in [-0.25, -0.2) is 4.98 Å². The van der Waals surface area contributed by atoms with E-state index < -0.39 is 0 Å². The number of aromatic amines is 1. The molecule has 1 aromatic carbocycles. The third kappa shape index (κ3) is 2.95. The molecule has 21 heavy (non-hydrogen) atoms. The van der Waals surface area contributed by atoms with Crippen LogP contribution in [-0.4, -0.2) is 45.1 Å². The molecular formula is C15H19N5O. The van der Waals surface area contributed by atoms with Gasteiger partial charge in [0, 0.05) is 30.3 Å². The van der Waals surface area contributed by atoms with Crippen LogP contribution in [0, 0.1) is 6.92 Å². The van der Waals surface area contributed by atoms with Gasteiger partial charge in [-0.15, -0.1) is 0 Å². The van der Waals surface area contributed by atoms with Crippen LogP contribution < -0.4 is 5.73 Å². The van der Waals surface area contributed by atoms with Crippen molar-refractivity contribution in [1.29, 1.82) is 0 Å². The Labute approximate surface area is 123 Å². The number of aryl methyl sites for hydroxylation is 1. The second-order valence-electron chi connectivity index (χ2n) is 5.48. The van der Waals surface area contributed by atoms with Gasteiger partial charge in [0.2, 0.25) is 0 Å². The van der Waals surface area contributed by atoms with Crippen molar-refractivity contribution in [3.8, 4) is 11.4 Å². The molecule has 0 unspecified atom stereocenters. The molecule has 0 saturated carbocycles. The van der Waals surface area contributed by atoms with Gasteiger partial charge in [-0.1, -0.05) is 12.1 Å². The van der Waals surface area contributed by atoms with Crippen molar-refractivity contribution in [3.05, 3.63) is 35.7 Å². The molecule has 0 spiro atoms. The normalized spacial score (nSPS) is 18.8. The van der Waals surface area contributed by atoms with E-state index in [4.69, 9.17) is 5.73 Å². The van der Waals surface area contributed by atoms with Crippen molar-refractivity contribution in [2.45, 2.75) is 25.8 Å². The largest absolute Gasteiger partial charge is 0.337 e. The van der Waals surface area contributed by atoms with E-state index in [-0.39, 0.29) is 11.9 Å². The van der Waals surface area contributed by atoms with Crippen LogP contribution in [0.15, 0.2) is 24.3 Å². The summed E-state index contributed by atoms with van der Waals surface area (Å²) in [7, 11) is 0. The van der Waals surface area contributed by atoms with Crippen molar-refractivity contribution in [2.24, 2.45) is 5.73 Å². The molecule has 1 saturated heterocycles. The first-order valence-corrected chi connectivity index (χ1v) is 7.18. The minimum absolute atomic E-state index is 0.0443. The summed E-state index contributed by atoms with van der Waals surface area (Å²) >= 11 is 0. The molecule has 1 fully saturated rings. The average molecular weight is 285 g/mol. The Morgan fingerprint density at radius 2 is 2.14 bits per heavy atom. The molecule has 1 aliphatic rings. The second-order valence-corrected chi connectivity index (χ2v) is 5.48. The lowest BCUT2D eigenvalue weighted by atomic mass is 10.0. The summed E-state index contributed by atoms with van der Waals surface area (Å²) < 4.78 is 0. The van der Waals surface area contributed by atoms with E-state index in [0.29, 0.717) is 17.9 Å². The Kier molecular flexibility index (Phi) is 3.70. The van der Waals surface area contributed by atoms with Crippen molar-refractivity contribution in [1.82, 2.24) is 20.1 Å². The molecule has 2 heterocycles. The minimum atomic E-state index is 0.0443. The molecule has 1 aromatic heterocycles. The Balaban J connectivity index is 1.76. The Morgan fingerprint density at radius 3 is 2.76 bits per heavy atom.